The third-order valence-corrected chi connectivity index (χ3v) is 13.4. The summed E-state index contributed by atoms with van der Waals surface area (Å²) < 4.78 is 23.3. The number of amides is 1. The van der Waals surface area contributed by atoms with Gasteiger partial charge in [0.05, 0.1) is 39.9 Å². The molecule has 418 valence electrons. The Bertz CT molecular complexity index is 1600. The number of nitrogens with zero attached hydrogens (tertiary/aromatic N) is 1. The first-order valence-corrected chi connectivity index (χ1v) is 30.8. The number of carbonyl (C=O) groups is 1. The molecule has 0 aromatic heterocycles. The molecule has 0 heterocycles. The molecule has 0 spiro atoms. The van der Waals surface area contributed by atoms with Gasteiger partial charge in [0.25, 0.3) is 7.82 Å². The molecule has 0 saturated carbocycles. The summed E-state index contributed by atoms with van der Waals surface area (Å²) >= 11 is 0. The van der Waals surface area contributed by atoms with Crippen molar-refractivity contribution >= 4 is 13.7 Å². The van der Waals surface area contributed by atoms with Gasteiger partial charge in [-0.3, -0.25) is 9.36 Å². The van der Waals surface area contributed by atoms with E-state index in [1.165, 1.54) is 89.9 Å². The Morgan fingerprint density at radius 1 is 0.493 bits per heavy atom. The van der Waals surface area contributed by atoms with Crippen LogP contribution in [0.3, 0.4) is 0 Å². The molecule has 0 bridgehead atoms. The molecule has 1 amide bonds. The fourth-order valence-corrected chi connectivity index (χ4v) is 8.61. The number of hydrogen-bond donors (Lipinski definition) is 2. The fraction of sp³-hybridized carbons (Fsp3) is 0.672. The highest BCUT2D eigenvalue weighted by Gasteiger charge is 2.24. The summed E-state index contributed by atoms with van der Waals surface area (Å²) in [5.74, 6) is -0.176. The van der Waals surface area contributed by atoms with E-state index in [0.29, 0.717) is 23.9 Å². The Morgan fingerprint density at radius 3 is 1.22 bits per heavy atom. The molecule has 0 aliphatic heterocycles. The first kappa shape index (κ1) is 69.9. The Kier molecular flexibility index (Phi) is 51.4. The summed E-state index contributed by atoms with van der Waals surface area (Å²) in [4.78, 5) is 25.4. The summed E-state index contributed by atoms with van der Waals surface area (Å²) in [6, 6.07) is -0.808. The smallest absolute Gasteiger partial charge is 0.268 e. The molecule has 3 atom stereocenters. The van der Waals surface area contributed by atoms with Gasteiger partial charge in [0.15, 0.2) is 0 Å². The number of likely N-dealkylation sites (N-methyl/N-ethyl adjacent to an activating group) is 1. The van der Waals surface area contributed by atoms with Gasteiger partial charge in [-0.05, 0) is 89.9 Å². The zero-order chi connectivity index (χ0) is 53.5. The molecule has 0 aromatic carbocycles. The topological polar surface area (TPSA) is 108 Å². The Hall–Kier alpha value is -3.10. The van der Waals surface area contributed by atoms with Gasteiger partial charge >= 0.3 is 0 Å². The van der Waals surface area contributed by atoms with E-state index in [9.17, 15) is 19.4 Å². The second kappa shape index (κ2) is 53.7. The predicted molar refractivity (Wildman–Crippen MR) is 315 cm³/mol. The number of quaternary nitrogens is 1. The third kappa shape index (κ3) is 56.5. The summed E-state index contributed by atoms with van der Waals surface area (Å²) in [6.07, 6.45) is 79.6. The average molecular weight is 1040 g/mol. The van der Waals surface area contributed by atoms with Crippen molar-refractivity contribution in [3.05, 3.63) is 122 Å². The van der Waals surface area contributed by atoms with Crippen LogP contribution in [-0.4, -0.2) is 68.5 Å². The molecule has 0 aliphatic carbocycles. The lowest BCUT2D eigenvalue weighted by Crippen LogP contribution is -2.46. The van der Waals surface area contributed by atoms with Crippen molar-refractivity contribution in [2.75, 3.05) is 40.9 Å². The maximum Gasteiger partial charge on any atom is 0.268 e. The Balaban J connectivity index is 4.01. The van der Waals surface area contributed by atoms with E-state index >= 15 is 0 Å². The van der Waals surface area contributed by atoms with Crippen LogP contribution in [0.5, 0.6) is 0 Å². The lowest BCUT2D eigenvalue weighted by Gasteiger charge is -2.30. The molecule has 0 fully saturated rings. The summed E-state index contributed by atoms with van der Waals surface area (Å²) in [5.41, 5.74) is 0. The highest BCUT2D eigenvalue weighted by molar-refractivity contribution is 7.45. The second-order valence-corrected chi connectivity index (χ2v) is 22.0. The molecule has 0 aromatic rings. The molecule has 8 nitrogen and oxygen atoms in total. The SMILES string of the molecule is CC/C=C\C/C=C\C/C=C\C/C=C\C/C=C\C/C=C\C/C=C\C/C=C\C/C=C\C/C=C\CCCCCCCCCCCCC(=O)NC(COP(=O)([O-])OCC[N+](C)(C)C)C(O)CCCCCCCCCCCC. The van der Waals surface area contributed by atoms with Crippen LogP contribution in [-0.2, 0) is 18.4 Å². The van der Waals surface area contributed by atoms with E-state index in [1.54, 1.807) is 0 Å². The summed E-state index contributed by atoms with van der Waals surface area (Å²) in [6.45, 7) is 4.57. The zero-order valence-corrected chi connectivity index (χ0v) is 48.4. The zero-order valence-electron chi connectivity index (χ0n) is 47.5. The van der Waals surface area contributed by atoms with E-state index in [2.05, 4.69) is 141 Å². The van der Waals surface area contributed by atoms with Crippen molar-refractivity contribution in [2.24, 2.45) is 0 Å². The quantitative estimate of drug-likeness (QED) is 0.0272. The minimum absolute atomic E-state index is 0.00616. The van der Waals surface area contributed by atoms with Crippen molar-refractivity contribution in [3.8, 4) is 0 Å². The van der Waals surface area contributed by atoms with Crippen molar-refractivity contribution in [1.29, 1.82) is 0 Å². The number of phosphoric acid groups is 1. The van der Waals surface area contributed by atoms with Gasteiger partial charge in [-0.1, -0.05) is 251 Å². The first-order chi connectivity index (χ1) is 35.5. The number of hydrogen-bond acceptors (Lipinski definition) is 6. The summed E-state index contributed by atoms with van der Waals surface area (Å²) in [5, 5.41) is 13.9. The first-order valence-electron chi connectivity index (χ1n) is 29.4. The normalized spacial score (nSPS) is 14.8. The van der Waals surface area contributed by atoms with E-state index in [1.807, 2.05) is 21.1 Å². The van der Waals surface area contributed by atoms with Crippen molar-refractivity contribution in [2.45, 2.75) is 238 Å². The van der Waals surface area contributed by atoms with Gasteiger partial charge in [0, 0.05) is 6.42 Å². The number of allylic oxidation sites excluding steroid dienone is 20. The van der Waals surface area contributed by atoms with Crippen LogP contribution in [0.1, 0.15) is 226 Å². The number of unbranched alkanes of at least 4 members (excludes halogenated alkanes) is 19. The number of aliphatic hydroxyl groups is 1. The highest BCUT2D eigenvalue weighted by atomic mass is 31.2. The van der Waals surface area contributed by atoms with Crippen LogP contribution in [0.15, 0.2) is 122 Å². The molecule has 3 unspecified atom stereocenters. The number of aliphatic hydroxyl groups excluding tert-OH is 1. The highest BCUT2D eigenvalue weighted by Crippen LogP contribution is 2.38. The molecule has 2 N–H and O–H groups in total. The number of carbonyl (C=O) groups excluding carboxylic acids is 1. The standard InChI is InChI=1S/C64H111N2O6P/c1-6-8-10-12-14-16-18-19-20-21-22-23-24-25-26-27-28-29-30-31-32-33-34-35-36-37-38-39-40-41-42-43-44-45-46-47-48-50-52-54-56-58-64(68)65-62(61-72-73(69,70)71-60-59-66(3,4)5)63(67)57-55-53-51-49-17-15-13-11-9-7-2/h8,10,14,16,19-20,22-23,25-26,28-29,31-32,34-35,37-38,40-41,62-63,67H,6-7,9,11-13,15,17-18,21,24,27,30,33,36,39,42-61H2,1-5H3,(H-,65,68,69,70)/b10-8-,16-14-,20-19-,23-22-,26-25-,29-28-,32-31-,35-34-,38-37-,41-40-. The lowest BCUT2D eigenvalue weighted by molar-refractivity contribution is -0.870. The number of nitrogens with one attached hydrogen (secondary N) is 1. The molecular weight excluding hydrogens is 924 g/mol. The molecule has 0 radical (unpaired) electrons. The lowest BCUT2D eigenvalue weighted by atomic mass is 10.0. The average Bonchev–Trinajstić information content (AvgIpc) is 3.35. The van der Waals surface area contributed by atoms with Gasteiger partial charge in [-0.15, -0.1) is 0 Å². The second-order valence-electron chi connectivity index (χ2n) is 20.6. The third-order valence-electron chi connectivity index (χ3n) is 12.5. The van der Waals surface area contributed by atoms with Crippen LogP contribution < -0.4 is 10.2 Å². The van der Waals surface area contributed by atoms with E-state index in [4.69, 9.17) is 9.05 Å². The van der Waals surface area contributed by atoms with Crippen LogP contribution in [0.4, 0.5) is 0 Å². The maximum atomic E-state index is 12.9. The van der Waals surface area contributed by atoms with Gasteiger partial charge in [-0.2, -0.15) is 0 Å². The molecular formula is C64H111N2O6P. The van der Waals surface area contributed by atoms with Crippen molar-refractivity contribution in [1.82, 2.24) is 5.32 Å². The molecule has 73 heavy (non-hydrogen) atoms. The minimum atomic E-state index is -4.57. The molecule has 0 rings (SSSR count). The van der Waals surface area contributed by atoms with Gasteiger partial charge in [0.1, 0.15) is 13.2 Å². The molecule has 0 aliphatic rings. The summed E-state index contributed by atoms with van der Waals surface area (Å²) in [7, 11) is 1.29. The van der Waals surface area contributed by atoms with E-state index in [0.717, 1.165) is 109 Å². The fourth-order valence-electron chi connectivity index (χ4n) is 7.89. The molecule has 9 heteroatoms. The largest absolute Gasteiger partial charge is 0.756 e. The van der Waals surface area contributed by atoms with Gasteiger partial charge in [0.2, 0.25) is 5.91 Å². The molecule has 0 saturated heterocycles. The van der Waals surface area contributed by atoms with Crippen molar-refractivity contribution < 1.29 is 32.9 Å². The number of rotatable bonds is 52. The number of phosphoric ester groups is 1. The van der Waals surface area contributed by atoms with Crippen LogP contribution in [0.2, 0.25) is 0 Å². The van der Waals surface area contributed by atoms with Gasteiger partial charge in [-0.25, -0.2) is 0 Å². The minimum Gasteiger partial charge on any atom is -0.756 e. The van der Waals surface area contributed by atoms with Gasteiger partial charge < -0.3 is 28.8 Å². The van der Waals surface area contributed by atoms with E-state index in [-0.39, 0.29) is 19.1 Å². The van der Waals surface area contributed by atoms with E-state index < -0.39 is 20.0 Å². The van der Waals surface area contributed by atoms with Crippen LogP contribution >= 0.6 is 7.82 Å². The maximum absolute atomic E-state index is 12.9. The van der Waals surface area contributed by atoms with Crippen molar-refractivity contribution in [3.63, 3.8) is 0 Å². The Morgan fingerprint density at radius 2 is 0.836 bits per heavy atom. The van der Waals surface area contributed by atoms with Crippen LogP contribution in [0.25, 0.3) is 0 Å². The monoisotopic (exact) mass is 1030 g/mol. The Labute approximate surface area is 450 Å². The predicted octanol–water partition coefficient (Wildman–Crippen LogP) is 17.5. The van der Waals surface area contributed by atoms with Crippen LogP contribution in [0, 0.1) is 0 Å².